The highest BCUT2D eigenvalue weighted by molar-refractivity contribution is 5.76. The number of hydrogen-bond donors (Lipinski definition) is 9. The number of aliphatic hydroxyl groups is 8. The molecule has 14 nitrogen and oxygen atoms in total. The lowest BCUT2D eigenvalue weighted by atomic mass is 9.97. The molecule has 2 rings (SSSR count). The predicted molar refractivity (Wildman–Crippen MR) is 382 cm³/mol. The van der Waals surface area contributed by atoms with Gasteiger partial charge < -0.3 is 65.1 Å². The van der Waals surface area contributed by atoms with Gasteiger partial charge in [-0.3, -0.25) is 4.79 Å². The molecule has 0 aliphatic carbocycles. The van der Waals surface area contributed by atoms with Crippen molar-refractivity contribution in [2.24, 2.45) is 0 Å². The van der Waals surface area contributed by atoms with Gasteiger partial charge in [0.15, 0.2) is 12.6 Å². The second-order valence-corrected chi connectivity index (χ2v) is 25.7. The maximum Gasteiger partial charge on any atom is 0.220 e. The topological polar surface area (TPSA) is 228 Å². The minimum atomic E-state index is -1.80. The van der Waals surface area contributed by atoms with E-state index in [1.165, 1.54) is 154 Å². The average molecular weight is 1310 g/mol. The van der Waals surface area contributed by atoms with Crippen LogP contribution in [0.5, 0.6) is 0 Å². The summed E-state index contributed by atoms with van der Waals surface area (Å²) < 4.78 is 22.9. The molecule has 12 unspecified atom stereocenters. The summed E-state index contributed by atoms with van der Waals surface area (Å²) in [7, 11) is 0. The first-order valence-electron chi connectivity index (χ1n) is 37.3. The van der Waals surface area contributed by atoms with E-state index in [1.807, 2.05) is 6.08 Å². The van der Waals surface area contributed by atoms with Crippen LogP contribution < -0.4 is 5.32 Å². The van der Waals surface area contributed by atoms with Crippen molar-refractivity contribution in [3.63, 3.8) is 0 Å². The van der Waals surface area contributed by atoms with E-state index in [-0.39, 0.29) is 18.9 Å². The van der Waals surface area contributed by atoms with Gasteiger partial charge in [0, 0.05) is 6.42 Å². The molecule has 0 bridgehead atoms. The minimum Gasteiger partial charge on any atom is -0.394 e. The van der Waals surface area contributed by atoms with E-state index in [0.29, 0.717) is 12.8 Å². The molecule has 0 aromatic carbocycles. The highest BCUT2D eigenvalue weighted by Crippen LogP contribution is 2.30. The van der Waals surface area contributed by atoms with Crippen molar-refractivity contribution in [2.75, 3.05) is 19.8 Å². The van der Waals surface area contributed by atoms with Gasteiger partial charge in [0.1, 0.15) is 48.8 Å². The fourth-order valence-electron chi connectivity index (χ4n) is 11.5. The Labute approximate surface area is 565 Å². The molecule has 2 fully saturated rings. The lowest BCUT2D eigenvalue weighted by molar-refractivity contribution is -0.359. The number of carbonyl (C=O) groups is 1. The van der Waals surface area contributed by atoms with Gasteiger partial charge >= 0.3 is 0 Å². The van der Waals surface area contributed by atoms with E-state index < -0.39 is 86.8 Å². The van der Waals surface area contributed by atoms with Crippen LogP contribution in [0.4, 0.5) is 0 Å². The summed E-state index contributed by atoms with van der Waals surface area (Å²) in [5, 5.41) is 87.5. The summed E-state index contributed by atoms with van der Waals surface area (Å²) in [5.41, 5.74) is 0. The number of unbranched alkanes of at least 4 members (excludes halogenated alkanes) is 29. The van der Waals surface area contributed by atoms with Gasteiger partial charge in [-0.15, -0.1) is 0 Å². The molecule has 1 amide bonds. The largest absolute Gasteiger partial charge is 0.394 e. The number of rotatable bonds is 60. The first-order valence-corrected chi connectivity index (χ1v) is 37.3. The molecule has 0 radical (unpaired) electrons. The van der Waals surface area contributed by atoms with E-state index in [9.17, 15) is 45.6 Å². The molecule has 0 saturated carbocycles. The van der Waals surface area contributed by atoms with Crippen LogP contribution in [0.25, 0.3) is 0 Å². The second kappa shape index (κ2) is 61.9. The Morgan fingerprint density at radius 3 is 1.18 bits per heavy atom. The summed E-state index contributed by atoms with van der Waals surface area (Å²) in [5.74, 6) is -0.256. The zero-order valence-electron chi connectivity index (χ0n) is 58.2. The summed E-state index contributed by atoms with van der Waals surface area (Å²) in [6.45, 7) is 2.68. The van der Waals surface area contributed by atoms with Crippen molar-refractivity contribution in [2.45, 2.75) is 351 Å². The highest BCUT2D eigenvalue weighted by Gasteiger charge is 2.51. The number of allylic oxidation sites excluding steroid dienone is 19. The van der Waals surface area contributed by atoms with Gasteiger partial charge in [-0.2, -0.15) is 0 Å². The van der Waals surface area contributed by atoms with E-state index in [0.717, 1.165) is 89.9 Å². The van der Waals surface area contributed by atoms with Gasteiger partial charge in [0.05, 0.1) is 32.0 Å². The van der Waals surface area contributed by atoms with Gasteiger partial charge in [-0.1, -0.05) is 296 Å². The molecule has 2 saturated heterocycles. The molecule has 0 aromatic rings. The van der Waals surface area contributed by atoms with E-state index in [1.54, 1.807) is 6.08 Å². The third-order valence-corrected chi connectivity index (χ3v) is 17.4. The molecular weight excluding hydrogens is 1170 g/mol. The lowest BCUT2D eigenvalue weighted by Gasteiger charge is -2.46. The molecule has 12 atom stereocenters. The molecule has 2 aliphatic heterocycles. The monoisotopic (exact) mass is 1310 g/mol. The Morgan fingerprint density at radius 2 is 0.753 bits per heavy atom. The van der Waals surface area contributed by atoms with Crippen molar-refractivity contribution < 1.29 is 64.6 Å². The van der Waals surface area contributed by atoms with Crippen molar-refractivity contribution >= 4 is 5.91 Å². The number of nitrogens with one attached hydrogen (secondary N) is 1. The van der Waals surface area contributed by atoms with Gasteiger partial charge in [0.25, 0.3) is 0 Å². The van der Waals surface area contributed by atoms with Crippen LogP contribution in [0.3, 0.4) is 0 Å². The summed E-state index contributed by atoms with van der Waals surface area (Å²) in [6, 6.07) is -0.944. The van der Waals surface area contributed by atoms with Crippen molar-refractivity contribution in [3.8, 4) is 0 Å². The van der Waals surface area contributed by atoms with Crippen molar-refractivity contribution in [3.05, 3.63) is 122 Å². The number of ether oxygens (including phenoxy) is 4. The van der Waals surface area contributed by atoms with Crippen LogP contribution in [0.2, 0.25) is 0 Å². The van der Waals surface area contributed by atoms with E-state index in [2.05, 4.69) is 129 Å². The molecule has 0 aromatic heterocycles. The summed E-state index contributed by atoms with van der Waals surface area (Å²) >= 11 is 0. The molecule has 14 heteroatoms. The maximum atomic E-state index is 13.4. The average Bonchev–Trinajstić information content (AvgIpc) is 0.854. The van der Waals surface area contributed by atoms with Crippen molar-refractivity contribution in [1.82, 2.24) is 5.32 Å². The van der Waals surface area contributed by atoms with Gasteiger partial charge in [-0.05, 0) is 96.3 Å². The Bertz CT molecular complexity index is 2030. The fourth-order valence-corrected chi connectivity index (χ4v) is 11.5. The standard InChI is InChI=1S/C79H135NO13/c1-3-5-7-9-11-13-15-17-19-21-23-25-27-29-30-31-32-33-34-35-36-37-38-39-41-43-45-47-49-51-53-55-57-59-61-63-71(84)80-67(66-90-78-76(89)74(87)77(70(65-82)92-78)93-79-75(88)73(86)72(85)69(64-81)91-79)68(83)62-60-58-56-54-52-50-48-46-44-42-40-28-26-24-22-20-18-16-14-12-10-8-6-4-2/h5,7,11,13,17,19,23,25,29-30,32-33,35-36,38-39,52,54,60,62,67-70,72-79,81-83,85-89H,3-4,6,8-10,12,14-16,18,20-22,24,26-28,31,34,37,40-51,53,55-59,61,63-66H2,1-2H3,(H,80,84)/b7-5-,13-11-,19-17-,25-23-,30-29-,33-32-,36-35-,39-38-,54-52+,62-60+. The van der Waals surface area contributed by atoms with Crippen LogP contribution in [0, 0.1) is 0 Å². The van der Waals surface area contributed by atoms with Gasteiger partial charge in [-0.25, -0.2) is 0 Å². The molecule has 2 heterocycles. The first kappa shape index (κ1) is 85.5. The first-order chi connectivity index (χ1) is 45.6. The maximum absolute atomic E-state index is 13.4. The normalized spacial score (nSPS) is 23.3. The minimum absolute atomic E-state index is 0.256. The predicted octanol–water partition coefficient (Wildman–Crippen LogP) is 16.1. The number of carbonyl (C=O) groups excluding carboxylic acids is 1. The van der Waals surface area contributed by atoms with E-state index in [4.69, 9.17) is 18.9 Å². The zero-order chi connectivity index (χ0) is 67.3. The molecule has 0 spiro atoms. The van der Waals surface area contributed by atoms with Crippen LogP contribution in [0.15, 0.2) is 122 Å². The van der Waals surface area contributed by atoms with E-state index >= 15 is 0 Å². The summed E-state index contributed by atoms with van der Waals surface area (Å²) in [6.07, 6.45) is 74.0. The quantitative estimate of drug-likeness (QED) is 0.0204. The molecular formula is C79H135NO13. The molecule has 93 heavy (non-hydrogen) atoms. The van der Waals surface area contributed by atoms with Crippen LogP contribution >= 0.6 is 0 Å². The molecule has 9 N–H and O–H groups in total. The Morgan fingerprint density at radius 1 is 0.398 bits per heavy atom. The van der Waals surface area contributed by atoms with Crippen LogP contribution in [-0.4, -0.2) is 140 Å². The Kier molecular flexibility index (Phi) is 56.9. The van der Waals surface area contributed by atoms with Crippen LogP contribution in [0.1, 0.15) is 277 Å². The zero-order valence-corrected chi connectivity index (χ0v) is 58.2. The SMILES string of the molecule is CC/C=C\C/C=C\C/C=C\C/C=C\C/C=C\C/C=C\C/C=C\C/C=C\CCCCCCCCCCCCC(=O)NC(COC1OC(CO)C(OC2OC(CO)C(O)C(O)C2O)C(O)C1O)C(O)/C=C/CC/C=C/CCCCCCCCCCCCCCCCCCCC. The Balaban J connectivity index is 1.67. The third-order valence-electron chi connectivity index (χ3n) is 17.4. The molecule has 2 aliphatic rings. The Hall–Kier alpha value is -3.61. The third kappa shape index (κ3) is 45.5. The van der Waals surface area contributed by atoms with Crippen molar-refractivity contribution in [1.29, 1.82) is 0 Å². The number of hydrogen-bond acceptors (Lipinski definition) is 13. The van der Waals surface area contributed by atoms with Gasteiger partial charge in [0.2, 0.25) is 5.91 Å². The second-order valence-electron chi connectivity index (χ2n) is 25.7. The summed E-state index contributed by atoms with van der Waals surface area (Å²) in [4.78, 5) is 13.4. The number of aliphatic hydroxyl groups excluding tert-OH is 8. The smallest absolute Gasteiger partial charge is 0.220 e. The lowest BCUT2D eigenvalue weighted by Crippen LogP contribution is -2.65. The molecule has 534 valence electrons. The number of amides is 1. The highest BCUT2D eigenvalue weighted by atomic mass is 16.7. The fraction of sp³-hybridized carbons (Fsp3) is 0.734. The van der Waals surface area contributed by atoms with Crippen LogP contribution in [-0.2, 0) is 23.7 Å².